The molecule has 0 fully saturated rings. The van der Waals surface area contributed by atoms with E-state index in [2.05, 4.69) is 10.4 Å². The fourth-order valence-corrected chi connectivity index (χ4v) is 2.25. The highest BCUT2D eigenvalue weighted by Crippen LogP contribution is 2.24. The zero-order chi connectivity index (χ0) is 14.4. The fourth-order valence-electron chi connectivity index (χ4n) is 2.04. The molecule has 2 aromatic rings. The first kappa shape index (κ1) is 14.7. The molecule has 0 spiro atoms. The van der Waals surface area contributed by atoms with Gasteiger partial charge in [-0.15, -0.1) is 11.6 Å². The van der Waals surface area contributed by atoms with Gasteiger partial charge >= 0.3 is 0 Å². The molecule has 108 valence electrons. The summed E-state index contributed by atoms with van der Waals surface area (Å²) in [6.07, 6.45) is 4.87. The number of nitrogens with zero attached hydrogens (tertiary/aromatic N) is 2. The molecule has 1 heterocycles. The second-order valence-corrected chi connectivity index (χ2v) is 4.86. The second kappa shape index (κ2) is 7.20. The van der Waals surface area contributed by atoms with Crippen molar-refractivity contribution >= 4 is 17.3 Å². The van der Waals surface area contributed by atoms with E-state index in [0.717, 1.165) is 30.0 Å². The van der Waals surface area contributed by atoms with E-state index in [-0.39, 0.29) is 0 Å². The molecule has 20 heavy (non-hydrogen) atoms. The number of alkyl halides is 1. The van der Waals surface area contributed by atoms with Crippen molar-refractivity contribution in [3.8, 4) is 5.75 Å². The van der Waals surface area contributed by atoms with Gasteiger partial charge in [0.05, 0.1) is 18.7 Å². The minimum Gasteiger partial charge on any atom is -0.494 e. The quantitative estimate of drug-likeness (QED) is 0.797. The van der Waals surface area contributed by atoms with Crippen LogP contribution in [0.5, 0.6) is 5.75 Å². The van der Waals surface area contributed by atoms with Crippen molar-refractivity contribution in [2.75, 3.05) is 18.5 Å². The van der Waals surface area contributed by atoms with E-state index in [1.54, 1.807) is 0 Å². The smallest absolute Gasteiger partial charge is 0.123 e. The Bertz CT molecular complexity index is 554. The molecular formula is C15H20ClN3O. The summed E-state index contributed by atoms with van der Waals surface area (Å²) < 4.78 is 7.35. The molecule has 0 amide bonds. The highest BCUT2D eigenvalue weighted by molar-refractivity contribution is 6.17. The maximum absolute atomic E-state index is 5.95. The topological polar surface area (TPSA) is 39.1 Å². The molecule has 0 aliphatic carbocycles. The van der Waals surface area contributed by atoms with Crippen LogP contribution in [0.25, 0.3) is 0 Å². The van der Waals surface area contributed by atoms with Gasteiger partial charge < -0.3 is 10.1 Å². The van der Waals surface area contributed by atoms with Gasteiger partial charge in [-0.25, -0.2) is 0 Å². The van der Waals surface area contributed by atoms with Crippen LogP contribution >= 0.6 is 11.6 Å². The number of aromatic nitrogens is 2. The summed E-state index contributed by atoms with van der Waals surface area (Å²) in [5, 5.41) is 7.55. The zero-order valence-corrected chi connectivity index (χ0v) is 12.7. The molecule has 0 aliphatic rings. The van der Waals surface area contributed by atoms with Crippen molar-refractivity contribution < 1.29 is 4.74 Å². The third-order valence-corrected chi connectivity index (χ3v) is 3.29. The lowest BCUT2D eigenvalue weighted by Crippen LogP contribution is -2.05. The number of hydrogen-bond acceptors (Lipinski definition) is 3. The van der Waals surface area contributed by atoms with Crippen molar-refractivity contribution in [3.05, 3.63) is 41.7 Å². The summed E-state index contributed by atoms with van der Waals surface area (Å²) in [4.78, 5) is 0. The summed E-state index contributed by atoms with van der Waals surface area (Å²) >= 11 is 5.95. The minimum absolute atomic E-state index is 0.452. The van der Waals surface area contributed by atoms with Gasteiger partial charge in [-0.1, -0.05) is 0 Å². The van der Waals surface area contributed by atoms with E-state index in [1.165, 1.54) is 5.56 Å². The Morgan fingerprint density at radius 2 is 2.25 bits per heavy atom. The maximum atomic E-state index is 5.95. The Balaban J connectivity index is 1.92. The normalized spacial score (nSPS) is 10.6. The zero-order valence-electron chi connectivity index (χ0n) is 11.9. The summed E-state index contributed by atoms with van der Waals surface area (Å²) in [5.41, 5.74) is 3.30. The minimum atomic E-state index is 0.452. The Morgan fingerprint density at radius 1 is 1.40 bits per heavy atom. The van der Waals surface area contributed by atoms with Crippen LogP contribution in [0.4, 0.5) is 5.69 Å². The molecule has 4 nitrogen and oxygen atoms in total. The third-order valence-electron chi connectivity index (χ3n) is 3.01. The Hall–Kier alpha value is -1.68. The van der Waals surface area contributed by atoms with Crippen molar-refractivity contribution in [2.24, 2.45) is 7.05 Å². The first-order valence-corrected chi connectivity index (χ1v) is 7.29. The SMILES string of the molecule is CCOc1ccc(NCCc2cnn(C)c2)cc1CCl. The van der Waals surface area contributed by atoms with E-state index in [1.807, 2.05) is 49.2 Å². The predicted octanol–water partition coefficient (Wildman–Crippen LogP) is 3.21. The number of hydrogen-bond donors (Lipinski definition) is 1. The monoisotopic (exact) mass is 293 g/mol. The molecule has 0 aliphatic heterocycles. The number of nitrogens with one attached hydrogen (secondary N) is 1. The van der Waals surface area contributed by atoms with E-state index in [0.29, 0.717) is 12.5 Å². The standard InChI is InChI=1S/C15H20ClN3O/c1-3-20-15-5-4-14(8-13(15)9-16)17-7-6-12-10-18-19(2)11-12/h4-5,8,10-11,17H,3,6-7,9H2,1-2H3. The summed E-state index contributed by atoms with van der Waals surface area (Å²) in [5.74, 6) is 1.31. The molecule has 0 atom stereocenters. The van der Waals surface area contributed by atoms with Crippen LogP contribution in [0, 0.1) is 0 Å². The molecule has 0 saturated carbocycles. The number of ether oxygens (including phenoxy) is 1. The van der Waals surface area contributed by atoms with Gasteiger partial charge in [0.25, 0.3) is 0 Å². The van der Waals surface area contributed by atoms with E-state index in [4.69, 9.17) is 16.3 Å². The Kier molecular flexibility index (Phi) is 5.30. The summed E-state index contributed by atoms with van der Waals surface area (Å²) in [6.45, 7) is 3.48. The molecule has 2 rings (SSSR count). The van der Waals surface area contributed by atoms with Crippen LogP contribution < -0.4 is 10.1 Å². The number of halogens is 1. The Labute approximate surface area is 124 Å². The Morgan fingerprint density at radius 3 is 2.90 bits per heavy atom. The van der Waals surface area contributed by atoms with Gasteiger partial charge in [-0.2, -0.15) is 5.10 Å². The predicted molar refractivity (Wildman–Crippen MR) is 82.6 cm³/mol. The molecule has 1 aromatic carbocycles. The van der Waals surface area contributed by atoms with Crippen LogP contribution in [-0.2, 0) is 19.3 Å². The van der Waals surface area contributed by atoms with Crippen LogP contribution in [0.1, 0.15) is 18.1 Å². The second-order valence-electron chi connectivity index (χ2n) is 4.59. The molecule has 0 bridgehead atoms. The van der Waals surface area contributed by atoms with Crippen LogP contribution in [0.2, 0.25) is 0 Å². The summed E-state index contributed by atoms with van der Waals surface area (Å²) in [7, 11) is 1.93. The average molecular weight is 294 g/mol. The van der Waals surface area contributed by atoms with E-state index in [9.17, 15) is 0 Å². The molecule has 0 radical (unpaired) electrons. The van der Waals surface area contributed by atoms with Gasteiger partial charge in [0.1, 0.15) is 5.75 Å². The van der Waals surface area contributed by atoms with Crippen LogP contribution in [-0.4, -0.2) is 22.9 Å². The molecule has 5 heteroatoms. The maximum Gasteiger partial charge on any atom is 0.123 e. The lowest BCUT2D eigenvalue weighted by molar-refractivity contribution is 0.337. The average Bonchev–Trinajstić information content (AvgIpc) is 2.86. The van der Waals surface area contributed by atoms with Gasteiger partial charge in [0, 0.05) is 31.0 Å². The van der Waals surface area contributed by atoms with E-state index >= 15 is 0 Å². The van der Waals surface area contributed by atoms with Gasteiger partial charge in [-0.05, 0) is 37.1 Å². The molecule has 0 unspecified atom stereocenters. The molecule has 1 N–H and O–H groups in total. The number of aryl methyl sites for hydroxylation is 1. The van der Waals surface area contributed by atoms with Gasteiger partial charge in [-0.3, -0.25) is 4.68 Å². The number of anilines is 1. The van der Waals surface area contributed by atoms with Crippen molar-refractivity contribution in [3.63, 3.8) is 0 Å². The van der Waals surface area contributed by atoms with Crippen molar-refractivity contribution in [2.45, 2.75) is 19.2 Å². The highest BCUT2D eigenvalue weighted by Gasteiger charge is 2.04. The summed E-state index contributed by atoms with van der Waals surface area (Å²) in [6, 6.07) is 6.03. The first-order valence-electron chi connectivity index (χ1n) is 6.76. The number of benzene rings is 1. The fraction of sp³-hybridized carbons (Fsp3) is 0.400. The third kappa shape index (κ3) is 3.90. The molecule has 1 aromatic heterocycles. The largest absolute Gasteiger partial charge is 0.494 e. The van der Waals surface area contributed by atoms with Gasteiger partial charge in [0.2, 0.25) is 0 Å². The van der Waals surface area contributed by atoms with E-state index < -0.39 is 0 Å². The highest BCUT2D eigenvalue weighted by atomic mass is 35.5. The first-order chi connectivity index (χ1) is 9.72. The van der Waals surface area contributed by atoms with Crippen LogP contribution in [0.3, 0.4) is 0 Å². The lowest BCUT2D eigenvalue weighted by atomic mass is 10.2. The number of rotatable bonds is 7. The van der Waals surface area contributed by atoms with Crippen molar-refractivity contribution in [1.82, 2.24) is 9.78 Å². The lowest BCUT2D eigenvalue weighted by Gasteiger charge is -2.11. The molecule has 0 saturated heterocycles. The van der Waals surface area contributed by atoms with Gasteiger partial charge in [0.15, 0.2) is 0 Å². The van der Waals surface area contributed by atoms with Crippen LogP contribution in [0.15, 0.2) is 30.6 Å². The van der Waals surface area contributed by atoms with Crippen molar-refractivity contribution in [1.29, 1.82) is 0 Å². The molecular weight excluding hydrogens is 274 g/mol.